The minimum absolute atomic E-state index is 0.678. The van der Waals surface area contributed by atoms with Crippen molar-refractivity contribution < 1.29 is 0 Å². The summed E-state index contributed by atoms with van der Waals surface area (Å²) in [5.74, 6) is 1.60. The zero-order chi connectivity index (χ0) is 13.0. The number of nitrogens with one attached hydrogen (secondary N) is 1. The van der Waals surface area contributed by atoms with Crippen LogP contribution in [-0.4, -0.2) is 13.1 Å². The van der Waals surface area contributed by atoms with Gasteiger partial charge in [-0.05, 0) is 55.7 Å². The van der Waals surface area contributed by atoms with Crippen LogP contribution in [-0.2, 0) is 6.42 Å². The molecule has 0 fully saturated rings. The molecular weight excluding hydrogens is 238 g/mol. The average Bonchev–Trinajstić information content (AvgIpc) is 2.82. The van der Waals surface area contributed by atoms with E-state index in [1.165, 1.54) is 38.5 Å². The summed E-state index contributed by atoms with van der Waals surface area (Å²) < 4.78 is 0. The lowest BCUT2D eigenvalue weighted by Crippen LogP contribution is -2.33. The van der Waals surface area contributed by atoms with Crippen LogP contribution < -0.4 is 5.32 Å². The first-order valence-electron chi connectivity index (χ1n) is 7.46. The number of rotatable bonds is 6. The first-order valence-corrected chi connectivity index (χ1v) is 8.34. The first kappa shape index (κ1) is 14.1. The highest BCUT2D eigenvalue weighted by atomic mass is 32.1. The Morgan fingerprint density at radius 3 is 2.94 bits per heavy atom. The summed E-state index contributed by atoms with van der Waals surface area (Å²) in [5, 5.41) is 5.86. The molecule has 0 radical (unpaired) electrons. The Balaban J connectivity index is 1.97. The van der Waals surface area contributed by atoms with Crippen molar-refractivity contribution in [1.29, 1.82) is 0 Å². The van der Waals surface area contributed by atoms with Gasteiger partial charge < -0.3 is 5.32 Å². The van der Waals surface area contributed by atoms with E-state index in [0.717, 1.165) is 11.8 Å². The second-order valence-corrected chi connectivity index (χ2v) is 7.02. The van der Waals surface area contributed by atoms with Gasteiger partial charge in [0.1, 0.15) is 0 Å². The molecule has 1 aromatic rings. The first-order chi connectivity index (χ1) is 8.72. The van der Waals surface area contributed by atoms with Gasteiger partial charge in [0.05, 0.1) is 0 Å². The van der Waals surface area contributed by atoms with Crippen LogP contribution in [0.3, 0.4) is 0 Å². The molecule has 0 aliphatic heterocycles. The Kier molecular flexibility index (Phi) is 5.25. The molecule has 0 saturated carbocycles. The third-order valence-corrected chi connectivity index (χ3v) is 5.25. The van der Waals surface area contributed by atoms with Crippen molar-refractivity contribution in [3.05, 3.63) is 21.9 Å². The third-order valence-electron chi connectivity index (χ3n) is 4.25. The van der Waals surface area contributed by atoms with E-state index in [-0.39, 0.29) is 0 Å². The van der Waals surface area contributed by atoms with E-state index in [1.807, 2.05) is 11.3 Å². The number of hydrogen-bond donors (Lipinski definition) is 1. The standard InChI is InChI=1S/C16H27NS/c1-12(2)6-4-8-15(17-3)13-7-5-9-16-14(13)10-11-18-16/h10-13,15,17H,4-9H2,1-3H3. The van der Waals surface area contributed by atoms with Crippen molar-refractivity contribution in [3.63, 3.8) is 0 Å². The molecule has 2 rings (SSSR count). The Bertz CT molecular complexity index is 356. The quantitative estimate of drug-likeness (QED) is 0.793. The van der Waals surface area contributed by atoms with Gasteiger partial charge in [0.15, 0.2) is 0 Å². The highest BCUT2D eigenvalue weighted by Gasteiger charge is 2.27. The summed E-state index contributed by atoms with van der Waals surface area (Å²) in [6, 6.07) is 3.05. The van der Waals surface area contributed by atoms with Gasteiger partial charge >= 0.3 is 0 Å². The van der Waals surface area contributed by atoms with Gasteiger partial charge in [-0.1, -0.05) is 26.7 Å². The van der Waals surface area contributed by atoms with Gasteiger partial charge in [-0.3, -0.25) is 0 Å². The Hall–Kier alpha value is -0.340. The zero-order valence-corrected chi connectivity index (χ0v) is 12.9. The molecule has 2 heteroatoms. The molecule has 0 spiro atoms. The smallest absolute Gasteiger partial charge is 0.0133 e. The molecule has 18 heavy (non-hydrogen) atoms. The summed E-state index contributed by atoms with van der Waals surface area (Å²) in [5.41, 5.74) is 1.65. The fourth-order valence-corrected chi connectivity index (χ4v) is 4.23. The Morgan fingerprint density at radius 2 is 2.22 bits per heavy atom. The molecule has 2 atom stereocenters. The molecule has 1 aromatic heterocycles. The van der Waals surface area contributed by atoms with Crippen LogP contribution in [0.1, 0.15) is 62.3 Å². The van der Waals surface area contributed by atoms with Gasteiger partial charge in [-0.25, -0.2) is 0 Å². The van der Waals surface area contributed by atoms with Crippen LogP contribution in [0.5, 0.6) is 0 Å². The number of likely N-dealkylation sites (N-methyl/N-ethyl adjacent to an activating group) is 1. The molecule has 0 amide bonds. The van der Waals surface area contributed by atoms with Gasteiger partial charge in [-0.2, -0.15) is 0 Å². The van der Waals surface area contributed by atoms with Crippen molar-refractivity contribution in [2.75, 3.05) is 7.05 Å². The normalized spacial score (nSPS) is 21.0. The summed E-state index contributed by atoms with van der Waals surface area (Å²) >= 11 is 1.96. The lowest BCUT2D eigenvalue weighted by molar-refractivity contribution is 0.375. The number of aryl methyl sites for hydroxylation is 1. The second-order valence-electron chi connectivity index (χ2n) is 6.02. The van der Waals surface area contributed by atoms with E-state index in [9.17, 15) is 0 Å². The van der Waals surface area contributed by atoms with Crippen molar-refractivity contribution in [2.45, 2.75) is 64.3 Å². The van der Waals surface area contributed by atoms with Gasteiger partial charge in [0, 0.05) is 16.8 Å². The van der Waals surface area contributed by atoms with Gasteiger partial charge in [0.2, 0.25) is 0 Å². The third kappa shape index (κ3) is 3.36. The van der Waals surface area contributed by atoms with E-state index in [0.29, 0.717) is 6.04 Å². The van der Waals surface area contributed by atoms with Crippen LogP contribution in [0.4, 0.5) is 0 Å². The summed E-state index contributed by atoms with van der Waals surface area (Å²) in [6.45, 7) is 4.65. The van der Waals surface area contributed by atoms with E-state index < -0.39 is 0 Å². The summed E-state index contributed by atoms with van der Waals surface area (Å²) in [4.78, 5) is 1.65. The van der Waals surface area contributed by atoms with Crippen molar-refractivity contribution in [2.24, 2.45) is 5.92 Å². The van der Waals surface area contributed by atoms with Crippen LogP contribution in [0.25, 0.3) is 0 Å². The molecule has 1 nitrogen and oxygen atoms in total. The van der Waals surface area contributed by atoms with Crippen LogP contribution in [0, 0.1) is 5.92 Å². The lowest BCUT2D eigenvalue weighted by atomic mass is 9.80. The number of thiophene rings is 1. The molecule has 0 aromatic carbocycles. The number of fused-ring (bicyclic) bond motifs is 1. The zero-order valence-electron chi connectivity index (χ0n) is 12.0. The monoisotopic (exact) mass is 265 g/mol. The maximum absolute atomic E-state index is 3.58. The van der Waals surface area contributed by atoms with Gasteiger partial charge in [-0.15, -0.1) is 11.3 Å². The van der Waals surface area contributed by atoms with E-state index in [2.05, 4.69) is 37.7 Å². The highest BCUT2D eigenvalue weighted by Crippen LogP contribution is 2.38. The van der Waals surface area contributed by atoms with Crippen molar-refractivity contribution in [1.82, 2.24) is 5.32 Å². The minimum atomic E-state index is 0.678. The molecule has 1 aliphatic carbocycles. The Morgan fingerprint density at radius 1 is 1.39 bits per heavy atom. The second kappa shape index (κ2) is 6.72. The molecule has 1 aliphatic rings. The summed E-state index contributed by atoms with van der Waals surface area (Å²) in [7, 11) is 2.14. The molecule has 0 saturated heterocycles. The maximum atomic E-state index is 3.58. The minimum Gasteiger partial charge on any atom is -0.316 e. The maximum Gasteiger partial charge on any atom is 0.0133 e. The predicted octanol–water partition coefficient (Wildman–Crippen LogP) is 4.58. The predicted molar refractivity (Wildman–Crippen MR) is 81.5 cm³/mol. The fourth-order valence-electron chi connectivity index (χ4n) is 3.23. The van der Waals surface area contributed by atoms with E-state index in [1.54, 1.807) is 10.4 Å². The lowest BCUT2D eigenvalue weighted by Gasteiger charge is -2.30. The van der Waals surface area contributed by atoms with E-state index >= 15 is 0 Å². The molecule has 1 heterocycles. The Labute approximate surface area is 116 Å². The molecular formula is C16H27NS. The van der Waals surface area contributed by atoms with Gasteiger partial charge in [0.25, 0.3) is 0 Å². The molecule has 0 bridgehead atoms. The largest absolute Gasteiger partial charge is 0.316 e. The SMILES string of the molecule is CNC(CCCC(C)C)C1CCCc2sccc21. The van der Waals surface area contributed by atoms with Crippen LogP contribution in [0.15, 0.2) is 11.4 Å². The summed E-state index contributed by atoms with van der Waals surface area (Å²) in [6.07, 6.45) is 8.11. The highest BCUT2D eigenvalue weighted by molar-refractivity contribution is 7.10. The molecule has 1 N–H and O–H groups in total. The average molecular weight is 265 g/mol. The van der Waals surface area contributed by atoms with Crippen LogP contribution in [0.2, 0.25) is 0 Å². The van der Waals surface area contributed by atoms with E-state index in [4.69, 9.17) is 0 Å². The molecule has 2 unspecified atom stereocenters. The van der Waals surface area contributed by atoms with Crippen LogP contribution >= 0.6 is 11.3 Å². The van der Waals surface area contributed by atoms with Crippen molar-refractivity contribution in [3.8, 4) is 0 Å². The molecule has 102 valence electrons. The topological polar surface area (TPSA) is 12.0 Å². The fraction of sp³-hybridized carbons (Fsp3) is 0.750. The number of hydrogen-bond acceptors (Lipinski definition) is 2. The van der Waals surface area contributed by atoms with Crippen molar-refractivity contribution >= 4 is 11.3 Å².